The molecule has 2 aliphatic heterocycles. The predicted molar refractivity (Wildman–Crippen MR) is 104 cm³/mol. The first-order valence-electron chi connectivity index (χ1n) is 8.14. The Morgan fingerprint density at radius 1 is 1.31 bits per heavy atom. The SMILES string of the molecule is COCC(/N=C1\NC(C)=NC2C(c3ccc(Cl)cc3Cl)C(C)=NN12)OC. The second kappa shape index (κ2) is 7.92. The van der Waals surface area contributed by atoms with Gasteiger partial charge in [-0.2, -0.15) is 5.10 Å². The quantitative estimate of drug-likeness (QED) is 0.828. The Labute approximate surface area is 162 Å². The Morgan fingerprint density at radius 2 is 2.08 bits per heavy atom. The van der Waals surface area contributed by atoms with E-state index in [0.29, 0.717) is 22.6 Å². The summed E-state index contributed by atoms with van der Waals surface area (Å²) in [6.45, 7) is 4.18. The van der Waals surface area contributed by atoms with Crippen LogP contribution in [0.3, 0.4) is 0 Å². The molecular formula is C17H21Cl2N5O2. The van der Waals surface area contributed by atoms with Crippen molar-refractivity contribution in [2.24, 2.45) is 15.1 Å². The monoisotopic (exact) mass is 397 g/mol. The first-order valence-corrected chi connectivity index (χ1v) is 8.90. The van der Waals surface area contributed by atoms with Crippen molar-refractivity contribution in [2.45, 2.75) is 32.2 Å². The summed E-state index contributed by atoms with van der Waals surface area (Å²) in [5.41, 5.74) is 1.83. The summed E-state index contributed by atoms with van der Waals surface area (Å²) < 4.78 is 10.5. The third-order valence-corrected chi connectivity index (χ3v) is 4.81. The van der Waals surface area contributed by atoms with Gasteiger partial charge in [-0.15, -0.1) is 0 Å². The molecule has 3 unspecified atom stereocenters. The molecule has 0 fully saturated rings. The highest BCUT2D eigenvalue weighted by Crippen LogP contribution is 2.38. The summed E-state index contributed by atoms with van der Waals surface area (Å²) in [4.78, 5) is 9.30. The lowest BCUT2D eigenvalue weighted by molar-refractivity contribution is 0.0330. The molecule has 0 aromatic heterocycles. The van der Waals surface area contributed by atoms with Crippen molar-refractivity contribution in [3.05, 3.63) is 33.8 Å². The molecule has 1 N–H and O–H groups in total. The van der Waals surface area contributed by atoms with Gasteiger partial charge in [-0.3, -0.25) is 0 Å². The summed E-state index contributed by atoms with van der Waals surface area (Å²) in [6, 6.07) is 5.48. The van der Waals surface area contributed by atoms with Gasteiger partial charge in [0.05, 0.1) is 12.5 Å². The predicted octanol–water partition coefficient (Wildman–Crippen LogP) is 3.09. The van der Waals surface area contributed by atoms with E-state index in [1.54, 1.807) is 25.3 Å². The van der Waals surface area contributed by atoms with E-state index in [0.717, 1.165) is 17.1 Å². The van der Waals surface area contributed by atoms with Crippen LogP contribution in [0, 0.1) is 0 Å². The molecule has 1 aromatic carbocycles. The van der Waals surface area contributed by atoms with Gasteiger partial charge in [0, 0.05) is 30.0 Å². The normalized spacial score (nSPS) is 24.8. The fourth-order valence-corrected chi connectivity index (χ4v) is 3.59. The molecule has 1 aromatic rings. The molecule has 0 bridgehead atoms. The molecule has 3 atom stereocenters. The van der Waals surface area contributed by atoms with Crippen molar-refractivity contribution < 1.29 is 9.47 Å². The number of halogens is 2. The van der Waals surface area contributed by atoms with E-state index in [2.05, 4.69) is 15.4 Å². The van der Waals surface area contributed by atoms with Crippen molar-refractivity contribution in [1.29, 1.82) is 0 Å². The minimum Gasteiger partial charge on any atom is -0.380 e. The lowest BCUT2D eigenvalue weighted by Crippen LogP contribution is -2.50. The summed E-state index contributed by atoms with van der Waals surface area (Å²) >= 11 is 12.5. The highest BCUT2D eigenvalue weighted by molar-refractivity contribution is 6.35. The van der Waals surface area contributed by atoms with Crippen LogP contribution in [-0.2, 0) is 9.47 Å². The number of guanidine groups is 1. The van der Waals surface area contributed by atoms with Crippen molar-refractivity contribution in [3.8, 4) is 0 Å². The maximum absolute atomic E-state index is 6.44. The zero-order valence-electron chi connectivity index (χ0n) is 15.0. The Bertz CT molecular complexity index is 780. The second-order valence-corrected chi connectivity index (χ2v) is 6.92. The highest BCUT2D eigenvalue weighted by Gasteiger charge is 2.42. The topological polar surface area (TPSA) is 70.8 Å². The number of nitrogens with zero attached hydrogens (tertiary/aromatic N) is 4. The number of fused-ring (bicyclic) bond motifs is 1. The van der Waals surface area contributed by atoms with Gasteiger partial charge in [0.25, 0.3) is 0 Å². The van der Waals surface area contributed by atoms with Crippen LogP contribution in [0.4, 0.5) is 0 Å². The van der Waals surface area contributed by atoms with Crippen molar-refractivity contribution >= 4 is 40.7 Å². The largest absolute Gasteiger partial charge is 0.380 e. The number of rotatable bonds is 5. The van der Waals surface area contributed by atoms with E-state index in [1.807, 2.05) is 26.0 Å². The zero-order valence-corrected chi connectivity index (χ0v) is 16.5. The number of amidine groups is 1. The van der Waals surface area contributed by atoms with Crippen LogP contribution < -0.4 is 5.32 Å². The summed E-state index contributed by atoms with van der Waals surface area (Å²) in [6.07, 6.45) is -0.712. The molecule has 0 saturated heterocycles. The highest BCUT2D eigenvalue weighted by atomic mass is 35.5. The van der Waals surface area contributed by atoms with E-state index >= 15 is 0 Å². The van der Waals surface area contributed by atoms with Gasteiger partial charge >= 0.3 is 0 Å². The summed E-state index contributed by atoms with van der Waals surface area (Å²) in [5.74, 6) is 1.22. The number of methoxy groups -OCH3 is 2. The Kier molecular flexibility index (Phi) is 5.82. The number of aliphatic imine (C=N–C) groups is 2. The summed E-state index contributed by atoms with van der Waals surface area (Å²) in [7, 11) is 3.19. The van der Waals surface area contributed by atoms with E-state index in [9.17, 15) is 0 Å². The molecule has 7 nitrogen and oxygen atoms in total. The second-order valence-electron chi connectivity index (χ2n) is 6.08. The van der Waals surface area contributed by atoms with Gasteiger partial charge in [-0.05, 0) is 31.5 Å². The van der Waals surface area contributed by atoms with E-state index in [4.69, 9.17) is 37.7 Å². The third-order valence-electron chi connectivity index (χ3n) is 4.25. The number of nitrogens with one attached hydrogen (secondary N) is 1. The van der Waals surface area contributed by atoms with Crippen LogP contribution in [-0.4, -0.2) is 55.7 Å². The fraction of sp³-hybridized carbons (Fsp3) is 0.471. The molecule has 9 heteroatoms. The van der Waals surface area contributed by atoms with Crippen LogP contribution in [0.15, 0.2) is 33.3 Å². The van der Waals surface area contributed by atoms with Crippen LogP contribution in [0.25, 0.3) is 0 Å². The Balaban J connectivity index is 1.98. The standard InChI is InChI=1S/C17H21Cl2N5O2/c1-9-15(12-6-5-11(18)7-13(12)19)16-20-10(2)21-17(24(16)23-9)22-14(26-4)8-25-3/h5-7,14-16H,8H2,1-4H3,(H,20,21,22). The lowest BCUT2D eigenvalue weighted by atomic mass is 9.92. The van der Waals surface area contributed by atoms with Crippen molar-refractivity contribution in [1.82, 2.24) is 10.3 Å². The van der Waals surface area contributed by atoms with E-state index in [-0.39, 0.29) is 12.1 Å². The maximum Gasteiger partial charge on any atom is 0.225 e. The maximum atomic E-state index is 6.44. The molecule has 0 radical (unpaired) electrons. The summed E-state index contributed by atoms with van der Waals surface area (Å²) in [5, 5.41) is 10.8. The first kappa shape index (κ1) is 19.1. The molecule has 0 saturated carbocycles. The van der Waals surface area contributed by atoms with Gasteiger partial charge in [0.1, 0.15) is 5.84 Å². The number of hydrazone groups is 1. The molecule has 26 heavy (non-hydrogen) atoms. The number of benzene rings is 1. The molecule has 0 spiro atoms. The average molecular weight is 398 g/mol. The molecule has 2 aliphatic rings. The lowest BCUT2D eigenvalue weighted by Gasteiger charge is -2.31. The van der Waals surface area contributed by atoms with Crippen LogP contribution in [0.5, 0.6) is 0 Å². The Hall–Kier alpha value is -1.67. The Morgan fingerprint density at radius 3 is 2.73 bits per heavy atom. The van der Waals surface area contributed by atoms with Gasteiger partial charge < -0.3 is 14.8 Å². The van der Waals surface area contributed by atoms with Gasteiger partial charge in [0.2, 0.25) is 5.96 Å². The molecule has 2 heterocycles. The van der Waals surface area contributed by atoms with Crippen molar-refractivity contribution in [2.75, 3.05) is 20.8 Å². The van der Waals surface area contributed by atoms with Gasteiger partial charge in [-0.1, -0.05) is 29.3 Å². The van der Waals surface area contributed by atoms with Crippen LogP contribution in [0.1, 0.15) is 25.3 Å². The third kappa shape index (κ3) is 3.71. The van der Waals surface area contributed by atoms with Crippen LogP contribution in [0.2, 0.25) is 10.0 Å². The molecular weight excluding hydrogens is 377 g/mol. The fourth-order valence-electron chi connectivity index (χ4n) is 3.07. The first-order chi connectivity index (χ1) is 12.4. The van der Waals surface area contributed by atoms with Gasteiger partial charge in [-0.25, -0.2) is 15.0 Å². The molecule has 3 rings (SSSR count). The van der Waals surface area contributed by atoms with E-state index in [1.165, 1.54) is 0 Å². The smallest absolute Gasteiger partial charge is 0.225 e. The minimum absolute atomic E-state index is 0.0922. The zero-order chi connectivity index (χ0) is 18.8. The van der Waals surface area contributed by atoms with E-state index < -0.39 is 6.23 Å². The number of hydrogen-bond acceptors (Lipinski definition) is 5. The molecule has 0 aliphatic carbocycles. The van der Waals surface area contributed by atoms with Gasteiger partial charge in [0.15, 0.2) is 12.4 Å². The molecule has 140 valence electrons. The molecule has 0 amide bonds. The minimum atomic E-state index is -0.442. The number of hydrogen-bond donors (Lipinski definition) is 1. The van der Waals surface area contributed by atoms with Crippen molar-refractivity contribution in [3.63, 3.8) is 0 Å². The number of ether oxygens (including phenoxy) is 2. The average Bonchev–Trinajstić information content (AvgIpc) is 2.91. The van der Waals surface area contributed by atoms with Crippen LogP contribution >= 0.6 is 23.2 Å².